The molecule has 6 nitrogen and oxygen atoms in total. The van der Waals surface area contributed by atoms with Crippen molar-refractivity contribution in [3.05, 3.63) is 47.0 Å². The van der Waals surface area contributed by atoms with Gasteiger partial charge in [-0.25, -0.2) is 4.98 Å². The van der Waals surface area contributed by atoms with Crippen molar-refractivity contribution in [2.45, 2.75) is 44.7 Å². The first-order valence-electron chi connectivity index (χ1n) is 11.6. The van der Waals surface area contributed by atoms with Crippen molar-refractivity contribution in [1.29, 1.82) is 5.26 Å². The third kappa shape index (κ3) is 3.42. The van der Waals surface area contributed by atoms with Gasteiger partial charge in [0.2, 0.25) is 5.95 Å². The fourth-order valence-corrected chi connectivity index (χ4v) is 7.69. The number of nitrogens with one attached hydrogen (secondary N) is 2. The molecule has 7 rings (SSSR count). The first-order valence-corrected chi connectivity index (χ1v) is 12.5. The smallest absolute Gasteiger partial charge is 0.224 e. The van der Waals surface area contributed by atoms with E-state index in [0.717, 1.165) is 12.5 Å². The van der Waals surface area contributed by atoms with Gasteiger partial charge in [-0.1, -0.05) is 18.2 Å². The van der Waals surface area contributed by atoms with Gasteiger partial charge in [0.15, 0.2) is 0 Å². The number of anilines is 2. The second-order valence-electron chi connectivity index (χ2n) is 10.1. The molecule has 4 aliphatic carbocycles. The van der Waals surface area contributed by atoms with Gasteiger partial charge in [0, 0.05) is 23.8 Å². The van der Waals surface area contributed by atoms with Gasteiger partial charge in [-0.3, -0.25) is 0 Å². The van der Waals surface area contributed by atoms with E-state index in [1.807, 2.05) is 0 Å². The highest BCUT2D eigenvalue weighted by Crippen LogP contribution is 2.59. The molecule has 3 aromatic rings. The Morgan fingerprint density at radius 1 is 1.16 bits per heavy atom. The molecule has 0 aliphatic heterocycles. The Morgan fingerprint density at radius 2 is 2.00 bits per heavy atom. The van der Waals surface area contributed by atoms with Gasteiger partial charge in [-0.2, -0.15) is 10.2 Å². The minimum atomic E-state index is 0.298. The van der Waals surface area contributed by atoms with Crippen LogP contribution in [0.4, 0.5) is 11.8 Å². The maximum Gasteiger partial charge on any atom is 0.224 e. The Labute approximate surface area is 192 Å². The number of fused-ring (bicyclic) bond motifs is 1. The molecular formula is C25H28N6S. The van der Waals surface area contributed by atoms with E-state index in [9.17, 15) is 5.26 Å². The molecule has 1 aromatic carbocycles. The summed E-state index contributed by atoms with van der Waals surface area (Å²) < 4.78 is 1.28. The fraction of sp³-hybridized carbons (Fsp3) is 0.480. The molecule has 164 valence electrons. The first-order chi connectivity index (χ1) is 15.6. The second-order valence-corrected chi connectivity index (χ2v) is 11.0. The third-order valence-corrected chi connectivity index (χ3v) is 9.02. The highest BCUT2D eigenvalue weighted by atomic mass is 32.1. The predicted molar refractivity (Wildman–Crippen MR) is 128 cm³/mol. The van der Waals surface area contributed by atoms with Crippen molar-refractivity contribution >= 4 is 33.2 Å². The Balaban J connectivity index is 1.18. The summed E-state index contributed by atoms with van der Waals surface area (Å²) >= 11 is 1.75. The van der Waals surface area contributed by atoms with Crippen LogP contribution < -0.4 is 16.4 Å². The van der Waals surface area contributed by atoms with Crippen LogP contribution in [0.3, 0.4) is 0 Å². The molecule has 0 radical (unpaired) electrons. The topological polar surface area (TPSA) is 99.6 Å². The zero-order valence-corrected chi connectivity index (χ0v) is 18.9. The van der Waals surface area contributed by atoms with Crippen LogP contribution in [0, 0.1) is 34.5 Å². The van der Waals surface area contributed by atoms with Crippen molar-refractivity contribution in [2.75, 3.05) is 17.2 Å². The van der Waals surface area contributed by atoms with Gasteiger partial charge in [-0.05, 0) is 77.7 Å². The molecule has 32 heavy (non-hydrogen) atoms. The molecule has 0 saturated heterocycles. The quantitative estimate of drug-likeness (QED) is 0.508. The Bertz CT molecular complexity index is 1180. The maximum atomic E-state index is 9.60. The molecule has 7 heteroatoms. The molecule has 0 spiro atoms. The van der Waals surface area contributed by atoms with E-state index in [-0.39, 0.29) is 0 Å². The van der Waals surface area contributed by atoms with Crippen molar-refractivity contribution < 1.29 is 0 Å². The number of hydrogen-bond donors (Lipinski definition) is 3. The van der Waals surface area contributed by atoms with E-state index < -0.39 is 0 Å². The summed E-state index contributed by atoms with van der Waals surface area (Å²) in [7, 11) is 0. The normalized spacial score (nSPS) is 30.4. The van der Waals surface area contributed by atoms with Crippen LogP contribution in [0.25, 0.3) is 10.1 Å². The van der Waals surface area contributed by atoms with Crippen molar-refractivity contribution in [1.82, 2.24) is 9.97 Å². The number of nitrogens with two attached hydrogens (primary N) is 1. The zero-order valence-electron chi connectivity index (χ0n) is 18.1. The van der Waals surface area contributed by atoms with Crippen molar-refractivity contribution in [3.63, 3.8) is 0 Å². The average Bonchev–Trinajstić information content (AvgIpc) is 3.29. The maximum absolute atomic E-state index is 9.60. The van der Waals surface area contributed by atoms with Crippen LogP contribution in [0.5, 0.6) is 0 Å². The molecule has 2 aromatic heterocycles. The van der Waals surface area contributed by atoms with Crippen LogP contribution in [0.2, 0.25) is 0 Å². The van der Waals surface area contributed by atoms with Crippen LogP contribution >= 0.6 is 11.3 Å². The molecular weight excluding hydrogens is 416 g/mol. The fourth-order valence-electron chi connectivity index (χ4n) is 6.77. The van der Waals surface area contributed by atoms with Crippen molar-refractivity contribution in [3.8, 4) is 6.07 Å². The molecule has 5 atom stereocenters. The largest absolute Gasteiger partial charge is 0.368 e. The monoisotopic (exact) mass is 444 g/mol. The van der Waals surface area contributed by atoms with Gasteiger partial charge in [0.1, 0.15) is 17.5 Å². The summed E-state index contributed by atoms with van der Waals surface area (Å²) in [5.41, 5.74) is 8.54. The standard InChI is InChI=1S/C25H28N6S/c26-11-20-13-29-24(28-12-17-3-1-2-16-4-5-32-22(16)17)31-23(20)30-14-25-8-15-6-18(9-25)21(27)19(7-15)10-25/h1-5,13,15,18-19,21H,6-10,12,14,27H2,(H2,28,29,30,31)/t15?,18-,19+,21?,25?. The minimum absolute atomic E-state index is 0.298. The molecule has 4 fully saturated rings. The SMILES string of the molecule is N#Cc1cnc(NCc2cccc3ccsc23)nc1NCC12CC3C[C@H](C1)C(N)[C@@H](C3)C2. The van der Waals surface area contributed by atoms with Gasteiger partial charge in [-0.15, -0.1) is 11.3 Å². The van der Waals surface area contributed by atoms with E-state index >= 15 is 0 Å². The lowest BCUT2D eigenvalue weighted by Crippen LogP contribution is -2.58. The van der Waals surface area contributed by atoms with E-state index in [1.165, 1.54) is 47.8 Å². The summed E-state index contributed by atoms with van der Waals surface area (Å²) in [6.45, 7) is 1.51. The number of nitrogens with zero attached hydrogens (tertiary/aromatic N) is 3. The summed E-state index contributed by atoms with van der Waals surface area (Å²) in [6.07, 6.45) is 7.93. The summed E-state index contributed by atoms with van der Waals surface area (Å²) in [5.74, 6) is 3.35. The molecule has 3 unspecified atom stereocenters. The zero-order chi connectivity index (χ0) is 21.7. The van der Waals surface area contributed by atoms with E-state index in [0.29, 0.717) is 47.2 Å². The summed E-state index contributed by atoms with van der Waals surface area (Å²) in [4.78, 5) is 9.06. The van der Waals surface area contributed by atoms with Crippen molar-refractivity contribution in [2.24, 2.45) is 28.9 Å². The highest BCUT2D eigenvalue weighted by molar-refractivity contribution is 7.17. The molecule has 4 saturated carbocycles. The number of thiophene rings is 1. The number of rotatable bonds is 6. The second kappa shape index (κ2) is 7.72. The predicted octanol–water partition coefficient (Wildman–Crippen LogP) is 4.74. The Morgan fingerprint density at radius 3 is 2.81 bits per heavy atom. The van der Waals surface area contributed by atoms with E-state index in [1.54, 1.807) is 17.5 Å². The number of aromatic nitrogens is 2. The Hall–Kier alpha value is -2.69. The Kier molecular flexibility index (Phi) is 4.81. The van der Waals surface area contributed by atoms with Crippen LogP contribution in [-0.4, -0.2) is 22.6 Å². The lowest BCUT2D eigenvalue weighted by Gasteiger charge is -2.59. The number of nitriles is 1. The first kappa shape index (κ1) is 20.0. The highest BCUT2D eigenvalue weighted by Gasteiger charge is 2.54. The summed E-state index contributed by atoms with van der Waals surface area (Å²) in [6, 6.07) is 11.1. The van der Waals surface area contributed by atoms with Crippen LogP contribution in [0.15, 0.2) is 35.8 Å². The van der Waals surface area contributed by atoms with Gasteiger partial charge >= 0.3 is 0 Å². The average molecular weight is 445 g/mol. The van der Waals surface area contributed by atoms with E-state index in [2.05, 4.69) is 56.3 Å². The van der Waals surface area contributed by atoms with Gasteiger partial charge < -0.3 is 16.4 Å². The van der Waals surface area contributed by atoms with E-state index in [4.69, 9.17) is 5.73 Å². The lowest BCUT2D eigenvalue weighted by atomic mass is 9.48. The number of benzene rings is 1. The van der Waals surface area contributed by atoms with Gasteiger partial charge in [0.25, 0.3) is 0 Å². The third-order valence-electron chi connectivity index (χ3n) is 8.01. The molecule has 4 bridgehead atoms. The van der Waals surface area contributed by atoms with Gasteiger partial charge in [0.05, 0.1) is 6.20 Å². The van der Waals surface area contributed by atoms with Crippen LogP contribution in [-0.2, 0) is 6.54 Å². The minimum Gasteiger partial charge on any atom is -0.368 e. The molecule has 0 amide bonds. The molecule has 4 aliphatic rings. The number of hydrogen-bond acceptors (Lipinski definition) is 7. The van der Waals surface area contributed by atoms with Crippen LogP contribution in [0.1, 0.15) is 43.2 Å². The molecule has 4 N–H and O–H groups in total. The molecule has 2 heterocycles. The lowest BCUT2D eigenvalue weighted by molar-refractivity contribution is -0.0591. The summed E-state index contributed by atoms with van der Waals surface area (Å²) in [5, 5.41) is 19.9.